The van der Waals surface area contributed by atoms with Gasteiger partial charge in [-0.1, -0.05) is 18.2 Å². The zero-order valence-corrected chi connectivity index (χ0v) is 18.8. The Morgan fingerprint density at radius 3 is 2.68 bits per heavy atom. The minimum absolute atomic E-state index is 0.208. The van der Waals surface area contributed by atoms with Crippen molar-refractivity contribution in [2.75, 3.05) is 5.32 Å². The average Bonchev–Trinajstić information content (AvgIpc) is 3.48. The monoisotopic (exact) mass is 449 g/mol. The number of carbonyl (C=O) groups is 1. The van der Waals surface area contributed by atoms with Crippen molar-refractivity contribution in [2.45, 2.75) is 19.9 Å². The van der Waals surface area contributed by atoms with Crippen molar-refractivity contribution in [3.05, 3.63) is 91.2 Å². The Bertz CT molecular complexity index is 1470. The predicted octanol–water partition coefficient (Wildman–Crippen LogP) is 4.91. The molecule has 4 heterocycles. The van der Waals surface area contributed by atoms with E-state index in [4.69, 9.17) is 5.10 Å². The number of nitrogens with one attached hydrogen (secondary N) is 1. The summed E-state index contributed by atoms with van der Waals surface area (Å²) in [6.07, 6.45) is 12.0. The molecule has 8 heteroatoms. The summed E-state index contributed by atoms with van der Waals surface area (Å²) in [5, 5.41) is 12.9. The molecule has 34 heavy (non-hydrogen) atoms. The van der Waals surface area contributed by atoms with Crippen molar-refractivity contribution in [2.24, 2.45) is 0 Å². The quantitative estimate of drug-likeness (QED) is 0.372. The molecule has 0 unspecified atom stereocenters. The Morgan fingerprint density at radius 2 is 1.91 bits per heavy atom. The molecule has 5 aromatic rings. The molecule has 0 saturated carbocycles. The maximum Gasteiger partial charge on any atom is 0.248 e. The first kappa shape index (κ1) is 21.3. The van der Waals surface area contributed by atoms with Crippen LogP contribution in [-0.2, 0) is 4.79 Å². The predicted molar refractivity (Wildman–Crippen MR) is 132 cm³/mol. The molecule has 0 aliphatic heterocycles. The van der Waals surface area contributed by atoms with Gasteiger partial charge in [-0.3, -0.25) is 9.78 Å². The number of fused-ring (bicyclic) bond motifs is 1. The lowest BCUT2D eigenvalue weighted by atomic mass is 10.1. The van der Waals surface area contributed by atoms with Crippen LogP contribution in [0, 0.1) is 0 Å². The molecule has 8 nitrogen and oxygen atoms in total. The molecule has 1 amide bonds. The molecule has 0 saturated heterocycles. The summed E-state index contributed by atoms with van der Waals surface area (Å²) in [7, 11) is 0. The molecule has 1 N–H and O–H groups in total. The van der Waals surface area contributed by atoms with E-state index in [1.165, 1.54) is 6.08 Å². The van der Waals surface area contributed by atoms with Gasteiger partial charge in [0.25, 0.3) is 0 Å². The van der Waals surface area contributed by atoms with Gasteiger partial charge in [0, 0.05) is 47.2 Å². The number of anilines is 1. The first-order chi connectivity index (χ1) is 16.6. The first-order valence-corrected chi connectivity index (χ1v) is 11.0. The normalized spacial score (nSPS) is 11.5. The van der Waals surface area contributed by atoms with Crippen molar-refractivity contribution in [3.63, 3.8) is 0 Å². The van der Waals surface area contributed by atoms with E-state index in [0.29, 0.717) is 5.69 Å². The number of para-hydroxylation sites is 1. The van der Waals surface area contributed by atoms with Gasteiger partial charge in [-0.15, -0.1) is 0 Å². The minimum atomic E-state index is -0.262. The third-order valence-corrected chi connectivity index (χ3v) is 5.30. The smallest absolute Gasteiger partial charge is 0.248 e. The second-order valence-electron chi connectivity index (χ2n) is 8.10. The molecule has 0 fully saturated rings. The molecule has 4 aromatic heterocycles. The number of hydrogen-bond acceptors (Lipinski definition) is 5. The highest BCUT2D eigenvalue weighted by Gasteiger charge is 2.12. The Balaban J connectivity index is 1.40. The van der Waals surface area contributed by atoms with Gasteiger partial charge in [-0.05, 0) is 50.3 Å². The number of pyridine rings is 2. The molecule has 0 atom stereocenters. The highest BCUT2D eigenvalue weighted by molar-refractivity contribution is 6.03. The van der Waals surface area contributed by atoms with Gasteiger partial charge in [0.05, 0.1) is 23.8 Å². The van der Waals surface area contributed by atoms with E-state index in [9.17, 15) is 4.79 Å². The van der Waals surface area contributed by atoms with Gasteiger partial charge >= 0.3 is 0 Å². The Kier molecular flexibility index (Phi) is 5.70. The number of amides is 1. The van der Waals surface area contributed by atoms with Crippen LogP contribution in [0.4, 0.5) is 5.69 Å². The number of rotatable bonds is 6. The minimum Gasteiger partial charge on any atom is -0.321 e. The Labute approximate surface area is 196 Å². The molecule has 0 bridgehead atoms. The zero-order valence-electron chi connectivity index (χ0n) is 18.8. The zero-order chi connectivity index (χ0) is 23.5. The molecule has 5 rings (SSSR count). The second kappa shape index (κ2) is 9.11. The van der Waals surface area contributed by atoms with E-state index >= 15 is 0 Å². The third-order valence-electron chi connectivity index (χ3n) is 5.30. The summed E-state index contributed by atoms with van der Waals surface area (Å²) in [5.74, 6) is -0.262. The van der Waals surface area contributed by atoms with E-state index in [0.717, 1.165) is 33.5 Å². The summed E-state index contributed by atoms with van der Waals surface area (Å²) in [6.45, 7) is 4.10. The topological polar surface area (TPSA) is 90.5 Å². The Hall–Kier alpha value is -4.59. The van der Waals surface area contributed by atoms with Crippen molar-refractivity contribution in [1.29, 1.82) is 0 Å². The van der Waals surface area contributed by atoms with Gasteiger partial charge in [0.1, 0.15) is 5.69 Å². The van der Waals surface area contributed by atoms with Crippen molar-refractivity contribution >= 4 is 28.7 Å². The number of nitrogens with zero attached hydrogens (tertiary/aromatic N) is 6. The lowest BCUT2D eigenvalue weighted by Gasteiger charge is -2.06. The number of aromatic nitrogens is 6. The third kappa shape index (κ3) is 4.33. The van der Waals surface area contributed by atoms with Gasteiger partial charge in [0.2, 0.25) is 5.91 Å². The maximum absolute atomic E-state index is 12.7. The van der Waals surface area contributed by atoms with Crippen LogP contribution in [0.2, 0.25) is 0 Å². The molecule has 168 valence electrons. The van der Waals surface area contributed by atoms with E-state index in [2.05, 4.69) is 20.4 Å². The van der Waals surface area contributed by atoms with Crippen LogP contribution in [0.3, 0.4) is 0 Å². The van der Waals surface area contributed by atoms with E-state index in [-0.39, 0.29) is 11.9 Å². The Morgan fingerprint density at radius 1 is 1.06 bits per heavy atom. The lowest BCUT2D eigenvalue weighted by molar-refractivity contribution is -0.111. The summed E-state index contributed by atoms with van der Waals surface area (Å²) in [5.41, 5.74) is 4.74. The molecule has 1 aromatic carbocycles. The maximum atomic E-state index is 12.7. The SMILES string of the molecule is CC(C)n1ncc2cc(NC(=O)/C=C/c3cn(-c4ccccc4)nc3-c3cccnc3)cnc21. The van der Waals surface area contributed by atoms with E-state index in [1.807, 2.05) is 73.3 Å². The van der Waals surface area contributed by atoms with Crippen LogP contribution < -0.4 is 5.32 Å². The fourth-order valence-corrected chi connectivity index (χ4v) is 3.69. The highest BCUT2D eigenvalue weighted by Crippen LogP contribution is 2.24. The molecule has 0 spiro atoms. The van der Waals surface area contributed by atoms with E-state index in [1.54, 1.807) is 35.5 Å². The second-order valence-corrected chi connectivity index (χ2v) is 8.10. The summed E-state index contributed by atoms with van der Waals surface area (Å²) in [4.78, 5) is 21.3. The van der Waals surface area contributed by atoms with Gasteiger partial charge in [-0.25, -0.2) is 14.3 Å². The van der Waals surface area contributed by atoms with Crippen LogP contribution in [0.1, 0.15) is 25.5 Å². The fraction of sp³-hybridized carbons (Fsp3) is 0.115. The standard InChI is InChI=1S/C26H23N7O/c1-18(2)33-26-21(15-29-33)13-22(16-28-26)30-24(34)11-10-20-17-32(23-8-4-3-5-9-23)31-25(20)19-7-6-12-27-14-19/h3-18H,1-2H3,(H,30,34)/b11-10+. The highest BCUT2D eigenvalue weighted by atomic mass is 16.1. The molecule has 0 aliphatic rings. The van der Waals surface area contributed by atoms with Crippen molar-refractivity contribution in [1.82, 2.24) is 29.5 Å². The number of hydrogen-bond donors (Lipinski definition) is 1. The van der Waals surface area contributed by atoms with Crippen LogP contribution in [0.15, 0.2) is 85.6 Å². The molecular weight excluding hydrogens is 426 g/mol. The lowest BCUT2D eigenvalue weighted by Crippen LogP contribution is -2.08. The molecule has 0 radical (unpaired) electrons. The number of carbonyl (C=O) groups excluding carboxylic acids is 1. The van der Waals surface area contributed by atoms with Crippen LogP contribution in [0.25, 0.3) is 34.1 Å². The van der Waals surface area contributed by atoms with Gasteiger partial charge in [-0.2, -0.15) is 10.2 Å². The molecular formula is C26H23N7O. The summed E-state index contributed by atoms with van der Waals surface area (Å²) >= 11 is 0. The van der Waals surface area contributed by atoms with Gasteiger partial charge in [0.15, 0.2) is 5.65 Å². The summed E-state index contributed by atoms with van der Waals surface area (Å²) in [6, 6.07) is 15.7. The van der Waals surface area contributed by atoms with Crippen molar-refractivity contribution < 1.29 is 4.79 Å². The van der Waals surface area contributed by atoms with Crippen LogP contribution in [0.5, 0.6) is 0 Å². The van der Waals surface area contributed by atoms with E-state index < -0.39 is 0 Å². The number of benzene rings is 1. The largest absolute Gasteiger partial charge is 0.321 e. The average molecular weight is 450 g/mol. The van der Waals surface area contributed by atoms with Crippen molar-refractivity contribution in [3.8, 4) is 16.9 Å². The molecule has 0 aliphatic carbocycles. The first-order valence-electron chi connectivity index (χ1n) is 11.0. The van der Waals surface area contributed by atoms with Crippen LogP contribution >= 0.6 is 0 Å². The summed E-state index contributed by atoms with van der Waals surface area (Å²) < 4.78 is 3.65. The van der Waals surface area contributed by atoms with Gasteiger partial charge < -0.3 is 5.32 Å². The van der Waals surface area contributed by atoms with Crippen LogP contribution in [-0.4, -0.2) is 35.4 Å². The fourth-order valence-electron chi connectivity index (χ4n) is 3.69.